The Hall–Kier alpha value is -3.24. The largest absolute Gasteiger partial charge is 0.487 e. The van der Waals surface area contributed by atoms with Gasteiger partial charge in [0.05, 0.1) is 23.1 Å². The zero-order valence-electron chi connectivity index (χ0n) is 25.2. The number of aryl methyl sites for hydroxylation is 1. The van der Waals surface area contributed by atoms with E-state index in [2.05, 4.69) is 19.6 Å². The number of azide groups is 1. The third-order valence-corrected chi connectivity index (χ3v) is 11.7. The van der Waals surface area contributed by atoms with Crippen LogP contribution in [0.15, 0.2) is 53.7 Å². The summed E-state index contributed by atoms with van der Waals surface area (Å²) >= 11 is 6.31. The molecule has 2 aromatic rings. The van der Waals surface area contributed by atoms with Crippen molar-refractivity contribution >= 4 is 33.2 Å². The predicted molar refractivity (Wildman–Crippen MR) is 171 cm³/mol. The maximum Gasteiger partial charge on any atom is 0.264 e. The molecule has 3 aliphatic rings. The van der Waals surface area contributed by atoms with Gasteiger partial charge in [-0.15, -0.1) is 0 Å². The summed E-state index contributed by atoms with van der Waals surface area (Å²) in [4.78, 5) is 18.5. The molecular weight excluding hydrogens is 602 g/mol. The first-order valence-corrected chi connectivity index (χ1v) is 17.2. The minimum atomic E-state index is -4.01. The molecule has 5 atom stereocenters. The molecule has 1 amide bonds. The van der Waals surface area contributed by atoms with E-state index in [1.807, 2.05) is 18.2 Å². The van der Waals surface area contributed by atoms with Crippen LogP contribution in [0.2, 0.25) is 5.02 Å². The first-order chi connectivity index (χ1) is 21.0. The topological polar surface area (TPSA) is 145 Å². The van der Waals surface area contributed by atoms with Crippen molar-refractivity contribution in [3.8, 4) is 5.75 Å². The van der Waals surface area contributed by atoms with E-state index in [9.17, 15) is 18.3 Å². The minimum Gasteiger partial charge on any atom is -0.487 e. The van der Waals surface area contributed by atoms with Crippen LogP contribution in [0.1, 0.15) is 67.4 Å². The van der Waals surface area contributed by atoms with E-state index in [0.717, 1.165) is 43.2 Å². The lowest BCUT2D eigenvalue weighted by molar-refractivity contribution is -0.0380. The van der Waals surface area contributed by atoms with Gasteiger partial charge in [-0.3, -0.25) is 4.79 Å². The number of halogens is 1. The number of nitrogens with zero attached hydrogens (tertiary/aromatic N) is 4. The molecule has 0 radical (unpaired) electrons. The summed E-state index contributed by atoms with van der Waals surface area (Å²) in [5.41, 5.74) is 10.8. The minimum absolute atomic E-state index is 0.0923. The zero-order valence-corrected chi connectivity index (χ0v) is 26.7. The third-order valence-electron chi connectivity index (χ3n) is 9.58. The molecular formula is C32H40ClN5O5S. The lowest BCUT2D eigenvalue weighted by Gasteiger charge is -2.48. The number of aliphatic hydroxyl groups is 1. The van der Waals surface area contributed by atoms with Gasteiger partial charge in [0, 0.05) is 28.6 Å². The number of anilines is 1. The number of carbonyl (C=O) groups is 1. The standard InChI is InChI=1S/C32H40ClN5O5S/c1-21-6-5-14-32(40,20-35-37-34)28-12-9-25(28)18-38-15-4-3-7-23-16-27(33)11-8-26(23)19-43-30-13-10-24(17-29(30)38)31(39)36-44(41,42)22(21)2/h5,8,10-11,13-14,16-17,21-22,25,28,40H,3-4,6-7,9,12,15,18-20H2,1-2H3,(H,36,39)/b14-5+/t21-,22+,25-,28+,32?/m0/s1. The van der Waals surface area contributed by atoms with Crippen molar-refractivity contribution in [1.82, 2.24) is 4.72 Å². The molecule has 1 unspecified atom stereocenters. The highest BCUT2D eigenvalue weighted by atomic mass is 35.5. The van der Waals surface area contributed by atoms with Crippen LogP contribution in [-0.4, -0.2) is 49.9 Å². The Kier molecular flexibility index (Phi) is 9.80. The zero-order chi connectivity index (χ0) is 31.5. The van der Waals surface area contributed by atoms with Crippen molar-refractivity contribution < 1.29 is 23.1 Å². The summed E-state index contributed by atoms with van der Waals surface area (Å²) in [5.74, 6) is -0.521. The van der Waals surface area contributed by atoms with Gasteiger partial charge in [-0.05, 0) is 110 Å². The number of ether oxygens (including phenoxy) is 1. The second-order valence-corrected chi connectivity index (χ2v) is 14.9. The van der Waals surface area contributed by atoms with Gasteiger partial charge < -0.3 is 14.7 Å². The van der Waals surface area contributed by atoms with Crippen molar-refractivity contribution in [2.24, 2.45) is 22.9 Å². The number of rotatable bonds is 2. The van der Waals surface area contributed by atoms with Crippen LogP contribution in [0, 0.1) is 17.8 Å². The summed E-state index contributed by atoms with van der Waals surface area (Å²) in [5, 5.41) is 15.4. The molecule has 0 spiro atoms. The van der Waals surface area contributed by atoms with Gasteiger partial charge in [0.2, 0.25) is 10.0 Å². The van der Waals surface area contributed by atoms with E-state index in [0.29, 0.717) is 42.6 Å². The van der Waals surface area contributed by atoms with E-state index in [1.54, 1.807) is 44.2 Å². The van der Waals surface area contributed by atoms with E-state index in [1.165, 1.54) is 0 Å². The molecule has 2 bridgehead atoms. The lowest BCUT2D eigenvalue weighted by Crippen LogP contribution is -2.51. The molecule has 2 N–H and O–H groups in total. The third kappa shape index (κ3) is 7.01. The Morgan fingerprint density at radius 1 is 1.18 bits per heavy atom. The van der Waals surface area contributed by atoms with Crippen LogP contribution in [-0.2, 0) is 23.1 Å². The summed E-state index contributed by atoms with van der Waals surface area (Å²) in [6.45, 7) is 4.82. The maximum atomic E-state index is 13.4. The van der Waals surface area contributed by atoms with Gasteiger partial charge in [-0.25, -0.2) is 13.1 Å². The van der Waals surface area contributed by atoms with Crippen LogP contribution in [0.25, 0.3) is 10.4 Å². The Morgan fingerprint density at radius 2 is 2.00 bits per heavy atom. The van der Waals surface area contributed by atoms with Gasteiger partial charge in [0.1, 0.15) is 12.4 Å². The van der Waals surface area contributed by atoms with E-state index >= 15 is 0 Å². The highest BCUT2D eigenvalue weighted by Gasteiger charge is 2.45. The first-order valence-electron chi connectivity index (χ1n) is 15.3. The SMILES string of the molecule is C[C@@H]1[C@@H](C)C/C=C/C(O)(CN=[N+]=[N-])[C@@H]2CC[C@H]2CN2CCCCc3cc(Cl)ccc3COc3ccc(cc32)C(=O)NS1(=O)=O. The molecule has 1 aliphatic carbocycles. The molecule has 1 saturated carbocycles. The molecule has 0 aromatic heterocycles. The van der Waals surface area contributed by atoms with Crippen molar-refractivity contribution in [3.05, 3.63) is 80.7 Å². The van der Waals surface area contributed by atoms with Crippen LogP contribution >= 0.6 is 11.6 Å². The van der Waals surface area contributed by atoms with Crippen molar-refractivity contribution in [2.75, 3.05) is 24.5 Å². The van der Waals surface area contributed by atoms with Crippen LogP contribution < -0.4 is 14.4 Å². The molecule has 44 heavy (non-hydrogen) atoms. The number of allylic oxidation sites excluding steroid dienone is 1. The van der Waals surface area contributed by atoms with Gasteiger partial charge in [-0.1, -0.05) is 41.9 Å². The highest BCUT2D eigenvalue weighted by Crippen LogP contribution is 2.45. The number of fused-ring (bicyclic) bond motifs is 3. The summed E-state index contributed by atoms with van der Waals surface area (Å²) in [7, 11) is -4.01. The average Bonchev–Trinajstić information content (AvgIpc) is 3.00. The van der Waals surface area contributed by atoms with Gasteiger partial charge >= 0.3 is 0 Å². The average molecular weight is 642 g/mol. The predicted octanol–water partition coefficient (Wildman–Crippen LogP) is 6.17. The number of amides is 1. The molecule has 2 heterocycles. The van der Waals surface area contributed by atoms with Crippen molar-refractivity contribution in [1.29, 1.82) is 0 Å². The number of sulfonamides is 1. The van der Waals surface area contributed by atoms with Crippen LogP contribution in [0.4, 0.5) is 5.69 Å². The van der Waals surface area contributed by atoms with Gasteiger partial charge in [0.25, 0.3) is 5.91 Å². The molecule has 2 aliphatic heterocycles. The van der Waals surface area contributed by atoms with E-state index in [-0.39, 0.29) is 29.9 Å². The smallest absolute Gasteiger partial charge is 0.264 e. The number of carbonyl (C=O) groups excluding carboxylic acids is 1. The molecule has 236 valence electrons. The summed E-state index contributed by atoms with van der Waals surface area (Å²) in [6, 6.07) is 10.8. The lowest BCUT2D eigenvalue weighted by atomic mass is 9.64. The fraction of sp³-hybridized carbons (Fsp3) is 0.531. The monoisotopic (exact) mass is 641 g/mol. The molecule has 1 fully saturated rings. The number of benzene rings is 2. The van der Waals surface area contributed by atoms with Crippen LogP contribution in [0.5, 0.6) is 5.75 Å². The molecule has 0 saturated heterocycles. The van der Waals surface area contributed by atoms with Crippen molar-refractivity contribution in [3.63, 3.8) is 0 Å². The second kappa shape index (κ2) is 13.4. The van der Waals surface area contributed by atoms with Crippen molar-refractivity contribution in [2.45, 2.75) is 69.8 Å². The van der Waals surface area contributed by atoms with E-state index < -0.39 is 26.8 Å². The second-order valence-electron chi connectivity index (χ2n) is 12.4. The Bertz CT molecular complexity index is 1580. The maximum absolute atomic E-state index is 13.4. The first kappa shape index (κ1) is 32.2. The normalized spacial score (nSPS) is 29.6. The number of nitrogens with one attached hydrogen (secondary N) is 1. The van der Waals surface area contributed by atoms with E-state index in [4.69, 9.17) is 21.9 Å². The summed E-state index contributed by atoms with van der Waals surface area (Å²) in [6.07, 6.45) is 8.08. The Balaban J connectivity index is 1.58. The van der Waals surface area contributed by atoms with Crippen LogP contribution in [0.3, 0.4) is 0 Å². The molecule has 10 nitrogen and oxygen atoms in total. The Morgan fingerprint density at radius 3 is 2.75 bits per heavy atom. The van der Waals surface area contributed by atoms with Gasteiger partial charge in [0.15, 0.2) is 0 Å². The fourth-order valence-corrected chi connectivity index (χ4v) is 7.99. The van der Waals surface area contributed by atoms with Gasteiger partial charge in [-0.2, -0.15) is 0 Å². The number of hydrogen-bond donors (Lipinski definition) is 2. The molecule has 2 aromatic carbocycles. The summed E-state index contributed by atoms with van der Waals surface area (Å²) < 4.78 is 35.1. The molecule has 5 rings (SSSR count). The Labute approximate surface area is 264 Å². The number of hydrogen-bond acceptors (Lipinski definition) is 7. The fourth-order valence-electron chi connectivity index (χ4n) is 6.51. The highest BCUT2D eigenvalue weighted by molar-refractivity contribution is 7.90. The quantitative estimate of drug-likeness (QED) is 0.174. The molecule has 12 heteroatoms.